The maximum atomic E-state index is 12.2. The van der Waals surface area contributed by atoms with Crippen molar-refractivity contribution in [3.05, 3.63) is 29.3 Å². The minimum atomic E-state index is -0.0363. The monoisotopic (exact) mass is 250 g/mol. The van der Waals surface area contributed by atoms with Gasteiger partial charge in [-0.1, -0.05) is 6.07 Å². The Hall–Kier alpha value is -1.00. The molecule has 1 amide bonds. The molecule has 1 fully saturated rings. The number of rotatable bonds is 2. The van der Waals surface area contributed by atoms with Crippen molar-refractivity contribution in [3.63, 3.8) is 0 Å². The van der Waals surface area contributed by atoms with Gasteiger partial charge in [0.2, 0.25) is 5.91 Å². The van der Waals surface area contributed by atoms with Crippen LogP contribution in [0, 0.1) is 13.8 Å². The zero-order valence-electron chi connectivity index (χ0n) is 10.5. The van der Waals surface area contributed by atoms with Crippen LogP contribution < -0.4 is 10.2 Å². The number of nitrogens with zero attached hydrogens (tertiary/aromatic N) is 1. The minimum absolute atomic E-state index is 0.0363. The number of thioether (sulfide) groups is 1. The second-order valence-corrected chi connectivity index (χ2v) is 5.55. The van der Waals surface area contributed by atoms with Crippen LogP contribution in [0.2, 0.25) is 0 Å². The molecule has 2 rings (SSSR count). The number of anilines is 1. The molecular weight excluding hydrogens is 232 g/mol. The van der Waals surface area contributed by atoms with E-state index in [0.29, 0.717) is 0 Å². The van der Waals surface area contributed by atoms with Crippen molar-refractivity contribution >= 4 is 23.4 Å². The van der Waals surface area contributed by atoms with Gasteiger partial charge in [0.25, 0.3) is 0 Å². The number of carbonyl (C=O) groups is 1. The zero-order valence-corrected chi connectivity index (χ0v) is 11.3. The van der Waals surface area contributed by atoms with Crippen LogP contribution in [0.5, 0.6) is 0 Å². The fraction of sp³-hybridized carbons (Fsp3) is 0.462. The average Bonchev–Trinajstić information content (AvgIpc) is 2.79. The topological polar surface area (TPSA) is 32.3 Å². The lowest BCUT2D eigenvalue weighted by Crippen LogP contribution is -2.43. The highest BCUT2D eigenvalue weighted by Gasteiger charge is 2.26. The number of nitrogens with one attached hydrogen (secondary N) is 1. The molecule has 1 aromatic carbocycles. The van der Waals surface area contributed by atoms with Crippen molar-refractivity contribution in [2.24, 2.45) is 0 Å². The van der Waals surface area contributed by atoms with Crippen molar-refractivity contribution in [2.45, 2.75) is 19.9 Å². The van der Waals surface area contributed by atoms with Crippen LogP contribution in [0.3, 0.4) is 0 Å². The van der Waals surface area contributed by atoms with E-state index < -0.39 is 0 Å². The molecule has 1 aromatic rings. The molecule has 1 atom stereocenters. The van der Waals surface area contributed by atoms with Crippen molar-refractivity contribution in [1.82, 2.24) is 5.32 Å². The molecule has 0 bridgehead atoms. The van der Waals surface area contributed by atoms with Gasteiger partial charge in [0.1, 0.15) is 0 Å². The Labute approximate surface area is 107 Å². The first-order valence-electron chi connectivity index (χ1n) is 5.75. The molecule has 0 saturated carbocycles. The fourth-order valence-corrected chi connectivity index (χ4v) is 2.99. The summed E-state index contributed by atoms with van der Waals surface area (Å²) < 4.78 is 0. The third-order valence-corrected chi connectivity index (χ3v) is 3.88. The summed E-state index contributed by atoms with van der Waals surface area (Å²) in [6, 6.07) is 6.18. The Kier molecular flexibility index (Phi) is 3.74. The highest BCUT2D eigenvalue weighted by atomic mass is 32.2. The average molecular weight is 250 g/mol. The van der Waals surface area contributed by atoms with Crippen LogP contribution in [0.4, 0.5) is 5.69 Å². The summed E-state index contributed by atoms with van der Waals surface area (Å²) in [5, 5.41) is 3.21. The largest absolute Gasteiger partial charge is 0.314 e. The molecule has 17 heavy (non-hydrogen) atoms. The molecule has 1 saturated heterocycles. The van der Waals surface area contributed by atoms with Gasteiger partial charge in [0, 0.05) is 24.4 Å². The van der Waals surface area contributed by atoms with Gasteiger partial charge >= 0.3 is 0 Å². The van der Waals surface area contributed by atoms with E-state index in [0.717, 1.165) is 17.3 Å². The van der Waals surface area contributed by atoms with Gasteiger partial charge in [-0.25, -0.2) is 0 Å². The maximum absolute atomic E-state index is 12.2. The molecule has 0 radical (unpaired) electrons. The molecule has 1 heterocycles. The quantitative estimate of drug-likeness (QED) is 0.870. The number of likely N-dealkylation sites (N-methyl/N-ethyl adjacent to an activating group) is 1. The molecule has 0 spiro atoms. The molecule has 1 aliphatic heterocycles. The lowest BCUT2D eigenvalue weighted by molar-refractivity contribution is -0.119. The van der Waals surface area contributed by atoms with Crippen molar-refractivity contribution < 1.29 is 4.79 Å². The van der Waals surface area contributed by atoms with Crippen LogP contribution in [0.25, 0.3) is 0 Å². The number of carbonyl (C=O) groups excluding carboxylic acids is 1. The molecule has 1 aliphatic rings. The van der Waals surface area contributed by atoms with E-state index in [-0.39, 0.29) is 11.9 Å². The molecular formula is C13H18N2OS. The van der Waals surface area contributed by atoms with E-state index in [1.165, 1.54) is 11.1 Å². The van der Waals surface area contributed by atoms with Gasteiger partial charge in [-0.3, -0.25) is 10.1 Å². The van der Waals surface area contributed by atoms with Gasteiger partial charge in [-0.2, -0.15) is 0 Å². The summed E-state index contributed by atoms with van der Waals surface area (Å²) in [6.45, 7) is 4.11. The summed E-state index contributed by atoms with van der Waals surface area (Å²) >= 11 is 1.77. The van der Waals surface area contributed by atoms with Crippen molar-refractivity contribution in [2.75, 3.05) is 23.6 Å². The molecule has 0 aliphatic carbocycles. The molecule has 92 valence electrons. The summed E-state index contributed by atoms with van der Waals surface area (Å²) in [5.74, 6) is 1.89. The molecule has 3 nitrogen and oxygen atoms in total. The highest BCUT2D eigenvalue weighted by Crippen LogP contribution is 2.20. The Bertz CT molecular complexity index is 407. The molecule has 4 heteroatoms. The predicted molar refractivity (Wildman–Crippen MR) is 73.6 cm³/mol. The number of hydrogen-bond acceptors (Lipinski definition) is 3. The van der Waals surface area contributed by atoms with Crippen LogP contribution in [-0.4, -0.2) is 30.6 Å². The number of benzene rings is 1. The first kappa shape index (κ1) is 12.5. The Morgan fingerprint density at radius 1 is 1.35 bits per heavy atom. The molecule has 0 aromatic heterocycles. The molecule has 1 N–H and O–H groups in total. The summed E-state index contributed by atoms with van der Waals surface area (Å²) in [6.07, 6.45) is 0. The standard InChI is InChI=1S/C13H18N2OS/c1-9-4-10(2)6-11(5-9)15(3)13(16)12-7-17-8-14-12/h4-6,12,14H,7-8H2,1-3H3. The summed E-state index contributed by atoms with van der Waals surface area (Å²) in [4.78, 5) is 14.0. The number of aryl methyl sites for hydroxylation is 2. The van der Waals surface area contributed by atoms with Crippen molar-refractivity contribution in [3.8, 4) is 0 Å². The third-order valence-electron chi connectivity index (χ3n) is 2.94. The van der Waals surface area contributed by atoms with Crippen LogP contribution in [-0.2, 0) is 4.79 Å². The van der Waals surface area contributed by atoms with E-state index >= 15 is 0 Å². The second kappa shape index (κ2) is 5.10. The van der Waals surface area contributed by atoms with E-state index in [1.807, 2.05) is 19.2 Å². The van der Waals surface area contributed by atoms with E-state index in [2.05, 4.69) is 25.2 Å². The molecule has 1 unspecified atom stereocenters. The summed E-state index contributed by atoms with van der Waals surface area (Å²) in [7, 11) is 1.85. The first-order chi connectivity index (χ1) is 8.08. The predicted octanol–water partition coefficient (Wildman–Crippen LogP) is 1.93. The Morgan fingerprint density at radius 2 is 2.00 bits per heavy atom. The van der Waals surface area contributed by atoms with Gasteiger partial charge in [0.15, 0.2) is 0 Å². The van der Waals surface area contributed by atoms with Crippen LogP contribution in [0.1, 0.15) is 11.1 Å². The van der Waals surface area contributed by atoms with E-state index in [1.54, 1.807) is 16.7 Å². The summed E-state index contributed by atoms with van der Waals surface area (Å²) in [5.41, 5.74) is 3.35. The van der Waals surface area contributed by atoms with Gasteiger partial charge < -0.3 is 4.90 Å². The van der Waals surface area contributed by atoms with Crippen LogP contribution >= 0.6 is 11.8 Å². The normalized spacial score (nSPS) is 19.4. The van der Waals surface area contributed by atoms with Crippen LogP contribution in [0.15, 0.2) is 18.2 Å². The SMILES string of the molecule is Cc1cc(C)cc(N(C)C(=O)C2CSCN2)c1. The highest BCUT2D eigenvalue weighted by molar-refractivity contribution is 7.99. The van der Waals surface area contributed by atoms with Gasteiger partial charge in [0.05, 0.1) is 6.04 Å². The number of hydrogen-bond donors (Lipinski definition) is 1. The van der Waals surface area contributed by atoms with Crippen molar-refractivity contribution in [1.29, 1.82) is 0 Å². The minimum Gasteiger partial charge on any atom is -0.314 e. The maximum Gasteiger partial charge on any atom is 0.244 e. The van der Waals surface area contributed by atoms with E-state index in [9.17, 15) is 4.79 Å². The number of amides is 1. The van der Waals surface area contributed by atoms with E-state index in [4.69, 9.17) is 0 Å². The first-order valence-corrected chi connectivity index (χ1v) is 6.90. The van der Waals surface area contributed by atoms with Gasteiger partial charge in [-0.05, 0) is 37.1 Å². The smallest absolute Gasteiger partial charge is 0.244 e. The second-order valence-electron chi connectivity index (χ2n) is 4.52. The lowest BCUT2D eigenvalue weighted by Gasteiger charge is -2.21. The van der Waals surface area contributed by atoms with Gasteiger partial charge in [-0.15, -0.1) is 11.8 Å². The fourth-order valence-electron chi connectivity index (χ4n) is 2.06. The zero-order chi connectivity index (χ0) is 12.4. The third kappa shape index (κ3) is 2.82. The Balaban J connectivity index is 2.17. The lowest BCUT2D eigenvalue weighted by atomic mass is 10.1. The Morgan fingerprint density at radius 3 is 2.53 bits per heavy atom.